The number of carbonyl (C=O) groups excluding carboxylic acids is 1. The van der Waals surface area contributed by atoms with Gasteiger partial charge in [0.25, 0.3) is 5.91 Å². The van der Waals surface area contributed by atoms with Gasteiger partial charge in [0, 0.05) is 12.0 Å². The molecule has 4 heteroatoms. The van der Waals surface area contributed by atoms with Crippen LogP contribution in [-0.2, 0) is 0 Å². The van der Waals surface area contributed by atoms with Crippen molar-refractivity contribution in [3.63, 3.8) is 0 Å². The SMILES string of the molecule is COc1ccccc1C(=O)N[C@H]1CC(C)(C)Oc2cc(C)ccc21. The van der Waals surface area contributed by atoms with Crippen LogP contribution in [0.2, 0.25) is 0 Å². The molecular formula is C20H23NO3. The van der Waals surface area contributed by atoms with Crippen LogP contribution < -0.4 is 14.8 Å². The fraction of sp³-hybridized carbons (Fsp3) is 0.350. The molecule has 0 saturated carbocycles. The summed E-state index contributed by atoms with van der Waals surface area (Å²) in [5.74, 6) is 1.28. The van der Waals surface area contributed by atoms with Crippen molar-refractivity contribution in [2.75, 3.05) is 7.11 Å². The maximum absolute atomic E-state index is 12.7. The molecule has 0 aromatic heterocycles. The minimum Gasteiger partial charge on any atom is -0.496 e. The van der Waals surface area contributed by atoms with Crippen molar-refractivity contribution in [3.05, 3.63) is 59.2 Å². The van der Waals surface area contributed by atoms with Crippen LogP contribution in [0, 0.1) is 6.92 Å². The normalized spacial score (nSPS) is 18.2. The molecule has 3 rings (SSSR count). The molecule has 0 saturated heterocycles. The number of nitrogens with one attached hydrogen (secondary N) is 1. The number of carbonyl (C=O) groups is 1. The monoisotopic (exact) mass is 325 g/mol. The van der Waals surface area contributed by atoms with Crippen LogP contribution in [-0.4, -0.2) is 18.6 Å². The van der Waals surface area contributed by atoms with E-state index >= 15 is 0 Å². The van der Waals surface area contributed by atoms with Crippen LogP contribution in [0.4, 0.5) is 0 Å². The first kappa shape index (κ1) is 16.4. The Bertz CT molecular complexity index is 767. The Balaban J connectivity index is 1.91. The van der Waals surface area contributed by atoms with Crippen LogP contribution in [0.3, 0.4) is 0 Å². The van der Waals surface area contributed by atoms with Gasteiger partial charge in [0.05, 0.1) is 18.7 Å². The van der Waals surface area contributed by atoms with E-state index in [9.17, 15) is 4.79 Å². The van der Waals surface area contributed by atoms with Crippen LogP contribution in [0.1, 0.15) is 47.8 Å². The molecule has 2 aromatic rings. The van der Waals surface area contributed by atoms with Gasteiger partial charge < -0.3 is 14.8 Å². The molecule has 1 aliphatic rings. The summed E-state index contributed by atoms with van der Waals surface area (Å²) in [6, 6.07) is 13.3. The van der Waals surface area contributed by atoms with E-state index in [1.807, 2.05) is 51.1 Å². The summed E-state index contributed by atoms with van der Waals surface area (Å²) in [4.78, 5) is 12.7. The molecule has 126 valence electrons. The van der Waals surface area contributed by atoms with Gasteiger partial charge in [-0.1, -0.05) is 24.3 Å². The van der Waals surface area contributed by atoms with Gasteiger partial charge in [-0.05, 0) is 44.5 Å². The molecule has 24 heavy (non-hydrogen) atoms. The largest absolute Gasteiger partial charge is 0.496 e. The maximum Gasteiger partial charge on any atom is 0.255 e. The third-order valence-electron chi connectivity index (χ3n) is 4.28. The lowest BCUT2D eigenvalue weighted by Gasteiger charge is -2.38. The van der Waals surface area contributed by atoms with Crippen molar-refractivity contribution in [2.45, 2.75) is 38.8 Å². The number of hydrogen-bond acceptors (Lipinski definition) is 3. The molecular weight excluding hydrogens is 302 g/mol. The number of hydrogen-bond donors (Lipinski definition) is 1. The summed E-state index contributed by atoms with van der Waals surface area (Å²) < 4.78 is 11.4. The number of benzene rings is 2. The molecule has 4 nitrogen and oxygen atoms in total. The van der Waals surface area contributed by atoms with E-state index in [0.717, 1.165) is 16.9 Å². The Hall–Kier alpha value is -2.49. The van der Waals surface area contributed by atoms with Crippen molar-refractivity contribution in [2.24, 2.45) is 0 Å². The van der Waals surface area contributed by atoms with Crippen molar-refractivity contribution in [1.82, 2.24) is 5.32 Å². The fourth-order valence-corrected chi connectivity index (χ4v) is 3.16. The van der Waals surface area contributed by atoms with Crippen LogP contribution in [0.25, 0.3) is 0 Å². The number of rotatable bonds is 3. The van der Waals surface area contributed by atoms with Crippen LogP contribution in [0.15, 0.2) is 42.5 Å². The predicted octanol–water partition coefficient (Wildman–Crippen LogP) is 4.04. The molecule has 0 unspecified atom stereocenters. The quantitative estimate of drug-likeness (QED) is 0.926. The first-order valence-electron chi connectivity index (χ1n) is 8.13. The van der Waals surface area contributed by atoms with E-state index in [2.05, 4.69) is 5.32 Å². The highest BCUT2D eigenvalue weighted by molar-refractivity contribution is 5.97. The van der Waals surface area contributed by atoms with Gasteiger partial charge in [-0.15, -0.1) is 0 Å². The number of methoxy groups -OCH3 is 1. The Labute approximate surface area is 142 Å². The second-order valence-electron chi connectivity index (χ2n) is 6.83. The Kier molecular flexibility index (Phi) is 4.22. The predicted molar refractivity (Wildman–Crippen MR) is 93.7 cm³/mol. The molecule has 1 heterocycles. The second kappa shape index (κ2) is 6.19. The first-order chi connectivity index (χ1) is 11.4. The van der Waals surface area contributed by atoms with E-state index in [0.29, 0.717) is 17.7 Å². The number of amides is 1. The molecule has 2 aromatic carbocycles. The lowest BCUT2D eigenvalue weighted by atomic mass is 9.89. The molecule has 1 aliphatic heterocycles. The Morgan fingerprint density at radius 1 is 1.25 bits per heavy atom. The molecule has 1 N–H and O–H groups in total. The van der Waals surface area contributed by atoms with Crippen LogP contribution >= 0.6 is 0 Å². The van der Waals surface area contributed by atoms with Gasteiger partial charge in [0.15, 0.2) is 0 Å². The molecule has 0 fully saturated rings. The van der Waals surface area contributed by atoms with Gasteiger partial charge in [0.2, 0.25) is 0 Å². The molecule has 0 bridgehead atoms. The summed E-state index contributed by atoms with van der Waals surface area (Å²) in [5, 5.41) is 3.14. The zero-order valence-electron chi connectivity index (χ0n) is 14.6. The summed E-state index contributed by atoms with van der Waals surface area (Å²) in [5.41, 5.74) is 2.36. The van der Waals surface area contributed by atoms with E-state index in [4.69, 9.17) is 9.47 Å². The maximum atomic E-state index is 12.7. The summed E-state index contributed by atoms with van der Waals surface area (Å²) in [6.45, 7) is 6.12. The molecule has 1 atom stereocenters. The lowest BCUT2D eigenvalue weighted by molar-refractivity contribution is 0.0618. The second-order valence-corrected chi connectivity index (χ2v) is 6.83. The number of para-hydroxylation sites is 1. The Morgan fingerprint density at radius 3 is 2.75 bits per heavy atom. The highest BCUT2D eigenvalue weighted by Crippen LogP contribution is 2.40. The lowest BCUT2D eigenvalue weighted by Crippen LogP contribution is -2.41. The Morgan fingerprint density at radius 2 is 2.00 bits per heavy atom. The molecule has 1 amide bonds. The van der Waals surface area contributed by atoms with E-state index < -0.39 is 0 Å². The number of aryl methyl sites for hydroxylation is 1. The highest BCUT2D eigenvalue weighted by atomic mass is 16.5. The summed E-state index contributed by atoms with van der Waals surface area (Å²) >= 11 is 0. The van der Waals surface area contributed by atoms with E-state index in [1.54, 1.807) is 19.2 Å². The summed E-state index contributed by atoms with van der Waals surface area (Å²) in [6.07, 6.45) is 0.712. The highest BCUT2D eigenvalue weighted by Gasteiger charge is 2.34. The fourth-order valence-electron chi connectivity index (χ4n) is 3.16. The first-order valence-corrected chi connectivity index (χ1v) is 8.13. The summed E-state index contributed by atoms with van der Waals surface area (Å²) in [7, 11) is 1.57. The smallest absolute Gasteiger partial charge is 0.255 e. The standard InChI is InChI=1S/C20H23NO3/c1-13-9-10-14-16(12-20(2,3)24-18(14)11-13)21-19(22)15-7-5-6-8-17(15)23-4/h5-11,16H,12H2,1-4H3,(H,21,22)/t16-/m0/s1. The van der Waals surface area contributed by atoms with E-state index in [1.165, 1.54) is 0 Å². The molecule has 0 spiro atoms. The third-order valence-corrected chi connectivity index (χ3v) is 4.28. The van der Waals surface area contributed by atoms with Gasteiger partial charge in [-0.25, -0.2) is 0 Å². The minimum atomic E-state index is -0.334. The minimum absolute atomic E-state index is 0.0956. The van der Waals surface area contributed by atoms with Crippen molar-refractivity contribution >= 4 is 5.91 Å². The van der Waals surface area contributed by atoms with Gasteiger partial charge in [-0.3, -0.25) is 4.79 Å². The average molecular weight is 325 g/mol. The van der Waals surface area contributed by atoms with E-state index in [-0.39, 0.29) is 17.6 Å². The third kappa shape index (κ3) is 3.23. The zero-order chi connectivity index (χ0) is 17.3. The zero-order valence-corrected chi connectivity index (χ0v) is 14.6. The van der Waals surface area contributed by atoms with Gasteiger partial charge in [0.1, 0.15) is 17.1 Å². The van der Waals surface area contributed by atoms with Crippen LogP contribution in [0.5, 0.6) is 11.5 Å². The van der Waals surface area contributed by atoms with Crippen molar-refractivity contribution in [3.8, 4) is 11.5 Å². The molecule has 0 aliphatic carbocycles. The van der Waals surface area contributed by atoms with Gasteiger partial charge >= 0.3 is 0 Å². The number of ether oxygens (including phenoxy) is 2. The average Bonchev–Trinajstić information content (AvgIpc) is 2.53. The molecule has 0 radical (unpaired) electrons. The number of fused-ring (bicyclic) bond motifs is 1. The van der Waals surface area contributed by atoms with Crippen molar-refractivity contribution in [1.29, 1.82) is 0 Å². The van der Waals surface area contributed by atoms with Gasteiger partial charge in [-0.2, -0.15) is 0 Å². The topological polar surface area (TPSA) is 47.6 Å². The van der Waals surface area contributed by atoms with Crippen molar-refractivity contribution < 1.29 is 14.3 Å².